The summed E-state index contributed by atoms with van der Waals surface area (Å²) in [4.78, 5) is 35.9. The summed E-state index contributed by atoms with van der Waals surface area (Å²) in [5.41, 5.74) is 1.73. The molecule has 2 saturated heterocycles. The first-order chi connectivity index (χ1) is 14.6. The van der Waals surface area contributed by atoms with Crippen molar-refractivity contribution in [3.8, 4) is 0 Å². The molecule has 3 amide bonds. The summed E-state index contributed by atoms with van der Waals surface area (Å²) >= 11 is 0. The Morgan fingerprint density at radius 2 is 1.83 bits per heavy atom. The molecule has 0 radical (unpaired) electrons. The van der Waals surface area contributed by atoms with Gasteiger partial charge in [-0.1, -0.05) is 18.2 Å². The maximum atomic E-state index is 13.0. The van der Waals surface area contributed by atoms with Crippen LogP contribution in [0.5, 0.6) is 0 Å². The van der Waals surface area contributed by atoms with E-state index in [0.29, 0.717) is 32.6 Å². The minimum atomic E-state index is -0.245. The smallest absolute Gasteiger partial charge is 0.321 e. The molecule has 2 aliphatic heterocycles. The molecule has 3 heterocycles. The second-order valence-electron chi connectivity index (χ2n) is 8.37. The Bertz CT molecular complexity index is 876. The summed E-state index contributed by atoms with van der Waals surface area (Å²) < 4.78 is 0. The number of nitrogens with one attached hydrogen (secondary N) is 1. The molecule has 0 saturated carbocycles. The van der Waals surface area contributed by atoms with Crippen molar-refractivity contribution in [2.24, 2.45) is 5.41 Å². The van der Waals surface area contributed by atoms with Crippen LogP contribution >= 0.6 is 0 Å². The van der Waals surface area contributed by atoms with Crippen molar-refractivity contribution in [1.82, 2.24) is 19.7 Å². The number of carbonyl (C=O) groups excluding carboxylic acids is 2. The van der Waals surface area contributed by atoms with Gasteiger partial charge in [0.05, 0.1) is 0 Å². The van der Waals surface area contributed by atoms with Crippen LogP contribution in [0.3, 0.4) is 0 Å². The van der Waals surface area contributed by atoms with Gasteiger partial charge in [-0.3, -0.25) is 14.7 Å². The van der Waals surface area contributed by atoms with E-state index in [2.05, 4.69) is 15.2 Å². The van der Waals surface area contributed by atoms with Gasteiger partial charge in [0, 0.05) is 75.7 Å². The molecule has 2 aliphatic rings. The molecule has 1 atom stereocenters. The van der Waals surface area contributed by atoms with E-state index in [9.17, 15) is 9.59 Å². The number of carbonyl (C=O) groups is 2. The first kappa shape index (κ1) is 20.3. The summed E-state index contributed by atoms with van der Waals surface area (Å²) in [6.07, 6.45) is 4.10. The zero-order valence-electron chi connectivity index (χ0n) is 17.5. The molecule has 1 aromatic carbocycles. The third kappa shape index (κ3) is 4.62. The summed E-state index contributed by atoms with van der Waals surface area (Å²) in [7, 11) is 0. The van der Waals surface area contributed by atoms with Crippen LogP contribution in [-0.4, -0.2) is 70.9 Å². The molecule has 1 spiro atoms. The van der Waals surface area contributed by atoms with Gasteiger partial charge >= 0.3 is 6.03 Å². The Morgan fingerprint density at radius 3 is 2.53 bits per heavy atom. The summed E-state index contributed by atoms with van der Waals surface area (Å²) in [5, 5.41) is 3.01. The van der Waals surface area contributed by atoms with Gasteiger partial charge in [0.25, 0.3) is 0 Å². The second kappa shape index (κ2) is 8.83. The Kier molecular flexibility index (Phi) is 5.99. The third-order valence-corrected chi connectivity index (χ3v) is 6.03. The van der Waals surface area contributed by atoms with Crippen molar-refractivity contribution in [3.05, 3.63) is 60.4 Å². The van der Waals surface area contributed by atoms with Crippen molar-refractivity contribution in [3.63, 3.8) is 0 Å². The number of rotatable bonds is 4. The van der Waals surface area contributed by atoms with Crippen molar-refractivity contribution in [1.29, 1.82) is 0 Å². The predicted molar refractivity (Wildman–Crippen MR) is 116 cm³/mol. The number of hydrogen-bond acceptors (Lipinski definition) is 4. The van der Waals surface area contributed by atoms with E-state index in [0.717, 1.165) is 25.3 Å². The van der Waals surface area contributed by atoms with Gasteiger partial charge in [0.2, 0.25) is 5.91 Å². The maximum absolute atomic E-state index is 13.0. The minimum absolute atomic E-state index is 0.103. The first-order valence-corrected chi connectivity index (χ1v) is 10.6. The zero-order valence-corrected chi connectivity index (χ0v) is 17.5. The summed E-state index contributed by atoms with van der Waals surface area (Å²) in [6.45, 7) is 7.00. The van der Waals surface area contributed by atoms with Gasteiger partial charge < -0.3 is 15.1 Å². The second-order valence-corrected chi connectivity index (χ2v) is 8.37. The lowest BCUT2D eigenvalue weighted by Gasteiger charge is -2.33. The van der Waals surface area contributed by atoms with Gasteiger partial charge in [-0.2, -0.15) is 0 Å². The number of nitrogens with zero attached hydrogens (tertiary/aromatic N) is 4. The lowest BCUT2D eigenvalue weighted by atomic mass is 9.86. The van der Waals surface area contributed by atoms with E-state index < -0.39 is 0 Å². The predicted octanol–water partition coefficient (Wildman–Crippen LogP) is 2.67. The van der Waals surface area contributed by atoms with Gasteiger partial charge in [0.1, 0.15) is 0 Å². The first-order valence-electron chi connectivity index (χ1n) is 10.6. The van der Waals surface area contributed by atoms with E-state index in [1.165, 1.54) is 5.56 Å². The molecular weight excluding hydrogens is 378 g/mol. The van der Waals surface area contributed by atoms with Crippen molar-refractivity contribution >= 4 is 17.6 Å². The normalized spacial score (nSPS) is 22.4. The van der Waals surface area contributed by atoms with Crippen molar-refractivity contribution in [2.45, 2.75) is 19.9 Å². The Balaban J connectivity index is 1.53. The standard InChI is InChI=1S/C23H29N5O2/c1-2-27-17-23(14-21(27)29)16-26(15-19-8-10-24-11-9-19)12-13-28(18-23)22(30)25-20-6-4-3-5-7-20/h3-11H,2,12-18H2,1H3,(H,25,30). The highest BCUT2D eigenvalue weighted by Gasteiger charge is 2.46. The Hall–Kier alpha value is -2.93. The molecule has 4 rings (SSSR count). The maximum Gasteiger partial charge on any atom is 0.321 e. The van der Waals surface area contributed by atoms with Crippen LogP contribution in [0.25, 0.3) is 0 Å². The number of hydrogen-bond donors (Lipinski definition) is 1. The number of amides is 3. The molecule has 1 aromatic heterocycles. The van der Waals surface area contributed by atoms with Crippen molar-refractivity contribution in [2.75, 3.05) is 44.6 Å². The molecule has 1 unspecified atom stereocenters. The number of para-hydroxylation sites is 1. The highest BCUT2D eigenvalue weighted by Crippen LogP contribution is 2.35. The molecule has 2 fully saturated rings. The van der Waals surface area contributed by atoms with Crippen LogP contribution in [0.15, 0.2) is 54.9 Å². The lowest BCUT2D eigenvalue weighted by molar-refractivity contribution is -0.127. The van der Waals surface area contributed by atoms with Crippen LogP contribution in [0.4, 0.5) is 10.5 Å². The van der Waals surface area contributed by atoms with Crippen molar-refractivity contribution < 1.29 is 9.59 Å². The average molecular weight is 408 g/mol. The van der Waals surface area contributed by atoms with Gasteiger partial charge in [-0.15, -0.1) is 0 Å². The van der Waals surface area contributed by atoms with E-state index in [4.69, 9.17) is 0 Å². The van der Waals surface area contributed by atoms with Crippen LogP contribution in [0.1, 0.15) is 18.9 Å². The number of anilines is 1. The summed E-state index contributed by atoms with van der Waals surface area (Å²) in [6, 6.07) is 13.5. The fourth-order valence-electron chi connectivity index (χ4n) is 4.61. The van der Waals surface area contributed by atoms with Gasteiger partial charge in [-0.25, -0.2) is 4.79 Å². The molecule has 158 valence electrons. The monoisotopic (exact) mass is 407 g/mol. The quantitative estimate of drug-likeness (QED) is 0.846. The van der Waals surface area contributed by atoms with E-state index in [1.807, 2.05) is 59.2 Å². The number of urea groups is 1. The Labute approximate surface area is 177 Å². The largest absolute Gasteiger partial charge is 0.342 e. The topological polar surface area (TPSA) is 68.8 Å². The zero-order chi connectivity index (χ0) is 21.0. The molecular formula is C23H29N5O2. The molecule has 0 bridgehead atoms. The molecule has 7 nitrogen and oxygen atoms in total. The summed E-state index contributed by atoms with van der Waals surface area (Å²) in [5.74, 6) is 0.187. The molecule has 0 aliphatic carbocycles. The Morgan fingerprint density at radius 1 is 1.07 bits per heavy atom. The number of pyridine rings is 1. The average Bonchev–Trinajstić information content (AvgIpc) is 2.95. The minimum Gasteiger partial charge on any atom is -0.342 e. The third-order valence-electron chi connectivity index (χ3n) is 6.03. The van der Waals surface area contributed by atoms with Crippen LogP contribution in [0, 0.1) is 5.41 Å². The highest BCUT2D eigenvalue weighted by atomic mass is 16.2. The molecule has 30 heavy (non-hydrogen) atoms. The van der Waals surface area contributed by atoms with E-state index >= 15 is 0 Å². The van der Waals surface area contributed by atoms with Crippen LogP contribution in [-0.2, 0) is 11.3 Å². The van der Waals surface area contributed by atoms with Gasteiger partial charge in [-0.05, 0) is 36.8 Å². The lowest BCUT2D eigenvalue weighted by Crippen LogP contribution is -2.45. The fraction of sp³-hybridized carbons (Fsp3) is 0.435. The number of likely N-dealkylation sites (tertiary alicyclic amines) is 1. The molecule has 7 heteroatoms. The van der Waals surface area contributed by atoms with Crippen LogP contribution < -0.4 is 5.32 Å². The van der Waals surface area contributed by atoms with E-state index in [-0.39, 0.29) is 17.4 Å². The molecule has 2 aromatic rings. The van der Waals surface area contributed by atoms with E-state index in [1.54, 1.807) is 12.4 Å². The van der Waals surface area contributed by atoms with Crippen LogP contribution in [0.2, 0.25) is 0 Å². The number of aromatic nitrogens is 1. The number of benzene rings is 1. The SMILES string of the molecule is CCN1CC2(CC1=O)CN(Cc1ccncc1)CCN(C(=O)Nc1ccccc1)C2. The highest BCUT2D eigenvalue weighted by molar-refractivity contribution is 5.89. The molecule has 1 N–H and O–H groups in total. The van der Waals surface area contributed by atoms with Gasteiger partial charge in [0.15, 0.2) is 0 Å². The fourth-order valence-corrected chi connectivity index (χ4v) is 4.61.